The van der Waals surface area contributed by atoms with Crippen molar-refractivity contribution in [1.82, 2.24) is 5.32 Å². The minimum atomic E-state index is 0.167. The van der Waals surface area contributed by atoms with Crippen molar-refractivity contribution in [2.24, 2.45) is 0 Å². The third-order valence-corrected chi connectivity index (χ3v) is 0.707. The molecule has 0 aromatic heterocycles. The first kappa shape index (κ1) is 7.63. The van der Waals surface area contributed by atoms with Gasteiger partial charge in [-0.2, -0.15) is 0 Å². The summed E-state index contributed by atoms with van der Waals surface area (Å²) in [5, 5.41) is 3.11. The smallest absolute Gasteiger partial charge is 0.126 e. The van der Waals surface area contributed by atoms with E-state index in [-0.39, 0.29) is 5.78 Å². The van der Waals surface area contributed by atoms with Crippen molar-refractivity contribution < 1.29 is 4.79 Å². The van der Waals surface area contributed by atoms with Gasteiger partial charge >= 0.3 is 0 Å². The lowest BCUT2D eigenvalue weighted by molar-refractivity contribution is -0.114. The zero-order chi connectivity index (χ0) is 6.41. The Kier molecular flexibility index (Phi) is 4.56. The molecule has 1 N–H and O–H groups in total. The molecule has 0 aromatic rings. The van der Waals surface area contributed by atoms with Crippen LogP contribution in [0.1, 0.15) is 20.3 Å². The molecule has 2 heteroatoms. The van der Waals surface area contributed by atoms with Gasteiger partial charge in [0, 0.05) is 0 Å². The third kappa shape index (κ3) is 9.16. The molecule has 1 aliphatic rings. The van der Waals surface area contributed by atoms with Crippen LogP contribution in [0, 0.1) is 0 Å². The van der Waals surface area contributed by atoms with Crippen molar-refractivity contribution in [2.75, 3.05) is 13.1 Å². The van der Waals surface area contributed by atoms with E-state index in [0.29, 0.717) is 0 Å². The van der Waals surface area contributed by atoms with Gasteiger partial charge in [0.25, 0.3) is 0 Å². The molecule has 0 atom stereocenters. The Bertz CT molecular complexity index is 58.9. The number of nitrogens with one attached hydrogen (secondary N) is 1. The van der Waals surface area contributed by atoms with Crippen LogP contribution in [0.15, 0.2) is 0 Å². The van der Waals surface area contributed by atoms with Crippen LogP contribution in [0.5, 0.6) is 0 Å². The molecular formula is C6H13NO. The predicted octanol–water partition coefficient (Wildman–Crippen LogP) is 0.575. The number of Topliss-reactive ketones (excluding diaryl/α,β-unsaturated/α-hetero) is 1. The summed E-state index contributed by atoms with van der Waals surface area (Å²) in [5.74, 6) is 0.167. The molecule has 1 rings (SSSR count). The Balaban J connectivity index is 0.000000122. The molecule has 0 saturated carbocycles. The van der Waals surface area contributed by atoms with E-state index in [1.54, 1.807) is 0 Å². The van der Waals surface area contributed by atoms with Crippen LogP contribution >= 0.6 is 0 Å². The first-order valence-corrected chi connectivity index (χ1v) is 2.91. The van der Waals surface area contributed by atoms with E-state index in [2.05, 4.69) is 5.32 Å². The van der Waals surface area contributed by atoms with E-state index in [1.165, 1.54) is 33.4 Å². The predicted molar refractivity (Wildman–Crippen MR) is 33.8 cm³/mol. The molecule has 0 aliphatic carbocycles. The number of carbonyl (C=O) groups excluding carboxylic acids is 1. The summed E-state index contributed by atoms with van der Waals surface area (Å²) in [7, 11) is 0. The molecule has 1 aliphatic heterocycles. The van der Waals surface area contributed by atoms with Gasteiger partial charge < -0.3 is 10.1 Å². The van der Waals surface area contributed by atoms with Gasteiger partial charge in [0.2, 0.25) is 0 Å². The van der Waals surface area contributed by atoms with E-state index in [1.807, 2.05) is 0 Å². The molecule has 48 valence electrons. The second-order valence-corrected chi connectivity index (χ2v) is 2.01. The molecule has 0 spiro atoms. The van der Waals surface area contributed by atoms with E-state index in [0.717, 1.165) is 0 Å². The highest BCUT2D eigenvalue weighted by molar-refractivity contribution is 5.72. The van der Waals surface area contributed by atoms with Crippen molar-refractivity contribution in [3.05, 3.63) is 0 Å². The van der Waals surface area contributed by atoms with Crippen LogP contribution in [0.3, 0.4) is 0 Å². The van der Waals surface area contributed by atoms with Crippen LogP contribution in [0.25, 0.3) is 0 Å². The Morgan fingerprint density at radius 3 is 1.50 bits per heavy atom. The lowest BCUT2D eigenvalue weighted by Crippen LogP contribution is -2.29. The van der Waals surface area contributed by atoms with Crippen molar-refractivity contribution in [1.29, 1.82) is 0 Å². The minimum absolute atomic E-state index is 0.167. The van der Waals surface area contributed by atoms with Crippen molar-refractivity contribution in [2.45, 2.75) is 20.3 Å². The van der Waals surface area contributed by atoms with Crippen molar-refractivity contribution >= 4 is 5.78 Å². The fourth-order valence-electron chi connectivity index (χ4n) is 0.177. The Morgan fingerprint density at radius 2 is 1.50 bits per heavy atom. The number of hydrogen-bond donors (Lipinski definition) is 1. The fraction of sp³-hybridized carbons (Fsp3) is 0.833. The molecule has 1 heterocycles. The molecule has 8 heavy (non-hydrogen) atoms. The lowest BCUT2D eigenvalue weighted by atomic mass is 10.3. The van der Waals surface area contributed by atoms with Gasteiger partial charge in [0.1, 0.15) is 5.78 Å². The molecule has 2 nitrogen and oxygen atoms in total. The summed E-state index contributed by atoms with van der Waals surface area (Å²) < 4.78 is 0. The lowest BCUT2D eigenvalue weighted by Gasteiger charge is -2.09. The number of carbonyl (C=O) groups is 1. The van der Waals surface area contributed by atoms with Gasteiger partial charge in [-0.1, -0.05) is 0 Å². The van der Waals surface area contributed by atoms with Crippen molar-refractivity contribution in [3.63, 3.8) is 0 Å². The van der Waals surface area contributed by atoms with Crippen molar-refractivity contribution in [3.8, 4) is 0 Å². The van der Waals surface area contributed by atoms with Gasteiger partial charge in [0.05, 0.1) is 0 Å². The quantitative estimate of drug-likeness (QED) is 0.500. The maximum atomic E-state index is 9.44. The molecule has 0 amide bonds. The Morgan fingerprint density at radius 1 is 1.38 bits per heavy atom. The first-order chi connectivity index (χ1) is 3.73. The monoisotopic (exact) mass is 115 g/mol. The minimum Gasteiger partial charge on any atom is -0.317 e. The molecule has 0 radical (unpaired) electrons. The Hall–Kier alpha value is -0.370. The fourth-order valence-corrected chi connectivity index (χ4v) is 0.177. The van der Waals surface area contributed by atoms with Crippen LogP contribution < -0.4 is 5.32 Å². The molecule has 0 bridgehead atoms. The van der Waals surface area contributed by atoms with E-state index in [4.69, 9.17) is 0 Å². The van der Waals surface area contributed by atoms with Gasteiger partial charge in [0.15, 0.2) is 0 Å². The maximum Gasteiger partial charge on any atom is 0.126 e. The summed E-state index contributed by atoms with van der Waals surface area (Å²) in [6, 6.07) is 0. The zero-order valence-corrected chi connectivity index (χ0v) is 5.53. The van der Waals surface area contributed by atoms with Crippen LogP contribution in [-0.4, -0.2) is 18.9 Å². The normalized spacial score (nSPS) is 15.2. The maximum absolute atomic E-state index is 9.44. The summed E-state index contributed by atoms with van der Waals surface area (Å²) in [5.41, 5.74) is 0. The standard InChI is InChI=1S/C3H7N.C3H6O/c1-2-4-3-1;1-3(2)4/h4H,1-3H2;1-2H3. The highest BCUT2D eigenvalue weighted by Crippen LogP contribution is 1.80. The second-order valence-electron chi connectivity index (χ2n) is 2.01. The highest BCUT2D eigenvalue weighted by Gasteiger charge is 1.92. The van der Waals surface area contributed by atoms with Gasteiger partial charge in [-0.05, 0) is 33.4 Å². The number of rotatable bonds is 0. The summed E-state index contributed by atoms with van der Waals surface area (Å²) in [6.07, 6.45) is 1.39. The van der Waals surface area contributed by atoms with Gasteiger partial charge in [-0.3, -0.25) is 0 Å². The molecule has 0 aromatic carbocycles. The first-order valence-electron chi connectivity index (χ1n) is 2.91. The van der Waals surface area contributed by atoms with Gasteiger partial charge in [-0.25, -0.2) is 0 Å². The van der Waals surface area contributed by atoms with Crippen LogP contribution in [-0.2, 0) is 4.79 Å². The number of hydrogen-bond acceptors (Lipinski definition) is 2. The molecular weight excluding hydrogens is 102 g/mol. The van der Waals surface area contributed by atoms with Crippen LogP contribution in [0.2, 0.25) is 0 Å². The van der Waals surface area contributed by atoms with Crippen LogP contribution in [0.4, 0.5) is 0 Å². The average molecular weight is 115 g/mol. The highest BCUT2D eigenvalue weighted by atomic mass is 16.1. The Labute approximate surface area is 50.3 Å². The summed E-state index contributed by atoms with van der Waals surface area (Å²) in [6.45, 7) is 5.56. The average Bonchev–Trinajstić information content (AvgIpc) is 1.19. The number of ketones is 1. The summed E-state index contributed by atoms with van der Waals surface area (Å²) in [4.78, 5) is 9.44. The zero-order valence-electron chi connectivity index (χ0n) is 5.53. The van der Waals surface area contributed by atoms with E-state index >= 15 is 0 Å². The SMILES string of the molecule is C1CNC1.CC(C)=O. The topological polar surface area (TPSA) is 29.1 Å². The van der Waals surface area contributed by atoms with E-state index < -0.39 is 0 Å². The molecule has 1 saturated heterocycles. The second kappa shape index (κ2) is 4.78. The summed E-state index contributed by atoms with van der Waals surface area (Å²) >= 11 is 0. The van der Waals surface area contributed by atoms with E-state index in [9.17, 15) is 4.79 Å². The molecule has 0 unspecified atom stereocenters. The third-order valence-electron chi connectivity index (χ3n) is 0.707. The molecule has 1 fully saturated rings. The largest absolute Gasteiger partial charge is 0.317 e. The van der Waals surface area contributed by atoms with Gasteiger partial charge in [-0.15, -0.1) is 0 Å².